The monoisotopic (exact) mass is 634 g/mol. The highest BCUT2D eigenvalue weighted by Gasteiger charge is 2.35. The van der Waals surface area contributed by atoms with E-state index in [0.717, 1.165) is 24.4 Å². The standard InChI is InChI=1S/C32H30Cl2F2N8/c1-2-43-11-10-29(27(36)17-43)44-18-28(41-42-44)31(19-6-4-3-5-7-19)40-22-12-23-30(39-21-8-9-26(35)24(33)13-21)20(15-37)16-38-32(23)25(34)14-22/h3-9,12-14,16,18,27,29,31,40-42H,2,10-11,17H2,1H3,(H,38,39)/t27-,29?,31+/m1/s1. The molecule has 1 fully saturated rings. The minimum Gasteiger partial charge on any atom is -0.373 e. The Morgan fingerprint density at radius 3 is 2.64 bits per heavy atom. The highest BCUT2D eigenvalue weighted by atomic mass is 35.5. The third-order valence-corrected chi connectivity index (χ3v) is 8.57. The quantitative estimate of drug-likeness (QED) is 0.164. The van der Waals surface area contributed by atoms with Crippen molar-refractivity contribution in [2.75, 3.05) is 30.3 Å². The normalized spacial score (nSPS) is 19.3. The van der Waals surface area contributed by atoms with Gasteiger partial charge in [-0.3, -0.25) is 9.99 Å². The minimum absolute atomic E-state index is 0.0482. The molecule has 12 heteroatoms. The van der Waals surface area contributed by atoms with Crippen LogP contribution in [0, 0.1) is 17.1 Å². The zero-order valence-corrected chi connectivity index (χ0v) is 25.3. The summed E-state index contributed by atoms with van der Waals surface area (Å²) in [6.07, 6.45) is 3.05. The number of nitrogens with zero attached hydrogens (tertiary/aromatic N) is 4. The molecule has 226 valence electrons. The molecule has 0 spiro atoms. The lowest BCUT2D eigenvalue weighted by molar-refractivity contribution is 0.0370. The lowest BCUT2D eigenvalue weighted by Crippen LogP contribution is -2.54. The Labute approximate surface area is 264 Å². The Bertz CT molecular complexity index is 1750. The van der Waals surface area contributed by atoms with E-state index >= 15 is 4.39 Å². The van der Waals surface area contributed by atoms with Gasteiger partial charge in [-0.25, -0.2) is 8.78 Å². The lowest BCUT2D eigenvalue weighted by Gasteiger charge is -2.38. The van der Waals surface area contributed by atoms with Crippen molar-refractivity contribution < 1.29 is 8.78 Å². The number of hydrogen-bond acceptors (Lipinski definition) is 8. The third kappa shape index (κ3) is 6.10. The van der Waals surface area contributed by atoms with Gasteiger partial charge in [0.1, 0.15) is 18.1 Å². The van der Waals surface area contributed by atoms with Crippen LogP contribution in [-0.2, 0) is 0 Å². The van der Waals surface area contributed by atoms with Crippen LogP contribution in [0.5, 0.6) is 0 Å². The Kier molecular flexibility index (Phi) is 8.73. The first-order valence-electron chi connectivity index (χ1n) is 14.3. The molecule has 1 unspecified atom stereocenters. The molecule has 4 aromatic rings. The number of anilines is 3. The van der Waals surface area contributed by atoms with Crippen LogP contribution in [0.25, 0.3) is 10.9 Å². The fraction of sp³-hybridized carbons (Fsp3) is 0.250. The SMILES string of the molecule is CCN1CCC(N2C=C([C@@H](Nc3cc(Cl)c4ncc(C#N)c(Nc5ccc(F)c(Cl)c5)c4c3)c3ccccc3)NN2)[C@H](F)C1. The molecular formula is C32H30Cl2F2N8. The van der Waals surface area contributed by atoms with E-state index in [0.29, 0.717) is 46.0 Å². The van der Waals surface area contributed by atoms with Gasteiger partial charge in [0.05, 0.1) is 44.6 Å². The Hall–Kier alpha value is -4.14. The van der Waals surface area contributed by atoms with Crippen LogP contribution in [0.4, 0.5) is 25.8 Å². The minimum atomic E-state index is -1.00. The number of pyridine rings is 1. The van der Waals surface area contributed by atoms with Crippen molar-refractivity contribution in [1.82, 2.24) is 25.9 Å². The molecule has 2 aliphatic heterocycles. The van der Waals surface area contributed by atoms with E-state index in [2.05, 4.69) is 37.5 Å². The van der Waals surface area contributed by atoms with E-state index in [4.69, 9.17) is 23.2 Å². The average molecular weight is 636 g/mol. The first-order chi connectivity index (χ1) is 21.3. The summed E-state index contributed by atoms with van der Waals surface area (Å²) in [5, 5.41) is 19.4. The van der Waals surface area contributed by atoms with Crippen LogP contribution in [0.1, 0.15) is 30.5 Å². The maximum Gasteiger partial charge on any atom is 0.141 e. The van der Waals surface area contributed by atoms with Gasteiger partial charge in [0.15, 0.2) is 0 Å². The summed E-state index contributed by atoms with van der Waals surface area (Å²) in [5.74, 6) is -0.546. The molecule has 3 atom stereocenters. The van der Waals surface area contributed by atoms with Gasteiger partial charge in [-0.1, -0.05) is 60.5 Å². The topological polar surface area (TPSA) is 91.3 Å². The summed E-state index contributed by atoms with van der Waals surface area (Å²) in [5.41, 5.74) is 10.5. The molecule has 0 radical (unpaired) electrons. The van der Waals surface area contributed by atoms with Gasteiger partial charge in [-0.2, -0.15) is 5.26 Å². The molecule has 0 aliphatic carbocycles. The number of halogens is 4. The molecule has 0 saturated carbocycles. The number of nitriles is 1. The molecule has 1 aromatic heterocycles. The fourth-order valence-electron chi connectivity index (χ4n) is 5.66. The van der Waals surface area contributed by atoms with Crippen LogP contribution >= 0.6 is 23.2 Å². The van der Waals surface area contributed by atoms with E-state index in [-0.39, 0.29) is 22.7 Å². The smallest absolute Gasteiger partial charge is 0.141 e. The van der Waals surface area contributed by atoms with E-state index in [1.807, 2.05) is 54.5 Å². The predicted octanol–water partition coefficient (Wildman–Crippen LogP) is 7.05. The molecule has 6 rings (SSSR count). The number of benzene rings is 3. The summed E-state index contributed by atoms with van der Waals surface area (Å²) < 4.78 is 29.0. The van der Waals surface area contributed by atoms with Crippen LogP contribution in [-0.4, -0.2) is 46.7 Å². The van der Waals surface area contributed by atoms with Crippen LogP contribution in [0.15, 0.2) is 78.8 Å². The van der Waals surface area contributed by atoms with Crippen LogP contribution in [0.3, 0.4) is 0 Å². The summed E-state index contributed by atoms with van der Waals surface area (Å²) >= 11 is 12.8. The van der Waals surface area contributed by atoms with Gasteiger partial charge in [0.2, 0.25) is 0 Å². The van der Waals surface area contributed by atoms with Gasteiger partial charge in [0, 0.05) is 42.2 Å². The van der Waals surface area contributed by atoms with Gasteiger partial charge < -0.3 is 21.0 Å². The second kappa shape index (κ2) is 12.8. The first-order valence-corrected chi connectivity index (χ1v) is 15.0. The summed E-state index contributed by atoms with van der Waals surface area (Å²) in [7, 11) is 0. The second-order valence-electron chi connectivity index (χ2n) is 10.7. The van der Waals surface area contributed by atoms with Crippen molar-refractivity contribution in [3.05, 3.63) is 106 Å². The summed E-state index contributed by atoms with van der Waals surface area (Å²) in [6.45, 7) is 4.11. The zero-order valence-electron chi connectivity index (χ0n) is 23.8. The number of piperidine rings is 1. The van der Waals surface area contributed by atoms with E-state index < -0.39 is 12.0 Å². The third-order valence-electron chi connectivity index (χ3n) is 7.99. The van der Waals surface area contributed by atoms with Crippen molar-refractivity contribution in [3.8, 4) is 6.07 Å². The van der Waals surface area contributed by atoms with Gasteiger partial charge in [-0.05, 0) is 48.9 Å². The highest BCUT2D eigenvalue weighted by Crippen LogP contribution is 2.37. The number of hydrogen-bond donors (Lipinski definition) is 4. The number of alkyl halides is 1. The van der Waals surface area contributed by atoms with Crippen LogP contribution < -0.4 is 21.6 Å². The molecule has 0 amide bonds. The molecule has 8 nitrogen and oxygen atoms in total. The molecule has 2 aliphatic rings. The first kappa shape index (κ1) is 29.9. The second-order valence-corrected chi connectivity index (χ2v) is 11.6. The highest BCUT2D eigenvalue weighted by molar-refractivity contribution is 6.36. The van der Waals surface area contributed by atoms with Crippen LogP contribution in [0.2, 0.25) is 10.0 Å². The molecule has 3 heterocycles. The average Bonchev–Trinajstić information content (AvgIpc) is 3.52. The number of aromatic nitrogens is 1. The maximum absolute atomic E-state index is 15.2. The van der Waals surface area contributed by atoms with E-state index in [1.54, 1.807) is 6.07 Å². The molecular weight excluding hydrogens is 605 g/mol. The Morgan fingerprint density at radius 1 is 1.11 bits per heavy atom. The van der Waals surface area contributed by atoms with Gasteiger partial charge >= 0.3 is 0 Å². The van der Waals surface area contributed by atoms with E-state index in [9.17, 15) is 9.65 Å². The van der Waals surface area contributed by atoms with E-state index in [1.165, 1.54) is 24.4 Å². The molecule has 0 bridgehead atoms. The lowest BCUT2D eigenvalue weighted by atomic mass is 10.0. The molecule has 1 saturated heterocycles. The number of fused-ring (bicyclic) bond motifs is 1. The predicted molar refractivity (Wildman–Crippen MR) is 171 cm³/mol. The summed E-state index contributed by atoms with van der Waals surface area (Å²) in [6, 6.07) is 19.2. The van der Waals surface area contributed by atoms with Crippen molar-refractivity contribution >= 4 is 51.2 Å². The van der Waals surface area contributed by atoms with Crippen molar-refractivity contribution in [3.63, 3.8) is 0 Å². The van der Waals surface area contributed by atoms with Crippen molar-refractivity contribution in [2.45, 2.75) is 31.6 Å². The van der Waals surface area contributed by atoms with Gasteiger partial charge in [0.25, 0.3) is 0 Å². The molecule has 44 heavy (non-hydrogen) atoms. The molecule has 3 aromatic carbocycles. The largest absolute Gasteiger partial charge is 0.373 e. The number of nitrogens with one attached hydrogen (secondary N) is 4. The zero-order chi connectivity index (χ0) is 30.8. The molecule has 4 N–H and O–H groups in total. The Morgan fingerprint density at radius 2 is 1.91 bits per heavy atom. The fourth-order valence-corrected chi connectivity index (χ4v) is 6.11. The Balaban J connectivity index is 1.36. The summed E-state index contributed by atoms with van der Waals surface area (Å²) in [4.78, 5) is 6.55. The number of likely N-dealkylation sites (tertiary alicyclic amines) is 1. The number of hydrazine groups is 2. The van der Waals surface area contributed by atoms with Crippen molar-refractivity contribution in [2.24, 2.45) is 0 Å². The number of rotatable bonds is 8. The maximum atomic E-state index is 15.2. The van der Waals surface area contributed by atoms with Gasteiger partial charge in [-0.15, -0.1) is 5.53 Å². The van der Waals surface area contributed by atoms with Crippen molar-refractivity contribution in [1.29, 1.82) is 5.26 Å².